The quantitative estimate of drug-likeness (QED) is 0.838. The summed E-state index contributed by atoms with van der Waals surface area (Å²) in [6, 6.07) is 0. The second-order valence-corrected chi connectivity index (χ2v) is 6.65. The molecule has 4 heteroatoms. The molecule has 18 heavy (non-hydrogen) atoms. The highest BCUT2D eigenvalue weighted by molar-refractivity contribution is 5.41. The lowest BCUT2D eigenvalue weighted by atomic mass is 9.53. The summed E-state index contributed by atoms with van der Waals surface area (Å²) in [6.07, 6.45) is 11.7. The van der Waals surface area contributed by atoms with Gasteiger partial charge in [-0.2, -0.15) is 0 Å². The maximum atomic E-state index is 5.71. The Balaban J connectivity index is 1.60. The summed E-state index contributed by atoms with van der Waals surface area (Å²) in [5, 5.41) is 3.67. The number of hydrogen-bond donors (Lipinski definition) is 2. The van der Waals surface area contributed by atoms with Gasteiger partial charge < -0.3 is 11.1 Å². The minimum absolute atomic E-state index is 0.289. The Morgan fingerprint density at radius 2 is 1.67 bits per heavy atom. The average Bonchev–Trinajstić information content (AvgIpc) is 2.25. The molecule has 4 aliphatic carbocycles. The zero-order valence-electron chi connectivity index (χ0n) is 10.6. The van der Waals surface area contributed by atoms with Crippen molar-refractivity contribution in [1.29, 1.82) is 0 Å². The Kier molecular flexibility index (Phi) is 2.11. The Morgan fingerprint density at radius 3 is 2.22 bits per heavy atom. The first-order chi connectivity index (χ1) is 8.71. The van der Waals surface area contributed by atoms with E-state index in [2.05, 4.69) is 15.3 Å². The van der Waals surface area contributed by atoms with Gasteiger partial charge in [-0.3, -0.25) is 4.98 Å². The molecule has 3 N–H and O–H groups in total. The summed E-state index contributed by atoms with van der Waals surface area (Å²) < 4.78 is 0. The molecule has 96 valence electrons. The number of anilines is 2. The van der Waals surface area contributed by atoms with Crippen molar-refractivity contribution in [2.75, 3.05) is 11.1 Å². The minimum atomic E-state index is 0.289. The molecule has 1 heterocycles. The van der Waals surface area contributed by atoms with Gasteiger partial charge in [0.15, 0.2) is 0 Å². The van der Waals surface area contributed by atoms with Crippen LogP contribution in [0, 0.1) is 17.8 Å². The second kappa shape index (κ2) is 3.59. The molecule has 1 aromatic heterocycles. The van der Waals surface area contributed by atoms with Gasteiger partial charge >= 0.3 is 0 Å². The van der Waals surface area contributed by atoms with Crippen LogP contribution in [-0.4, -0.2) is 15.5 Å². The van der Waals surface area contributed by atoms with Gasteiger partial charge in [-0.15, -0.1) is 0 Å². The molecule has 4 bridgehead atoms. The van der Waals surface area contributed by atoms with Gasteiger partial charge in [0.2, 0.25) is 0 Å². The smallest absolute Gasteiger partial charge is 0.147 e. The lowest BCUT2D eigenvalue weighted by Crippen LogP contribution is -2.54. The molecule has 4 nitrogen and oxygen atoms in total. The summed E-state index contributed by atoms with van der Waals surface area (Å²) in [5.41, 5.74) is 6.00. The normalized spacial score (nSPS) is 41.0. The number of aromatic nitrogens is 2. The third kappa shape index (κ3) is 1.66. The third-order valence-corrected chi connectivity index (χ3v) is 5.08. The summed E-state index contributed by atoms with van der Waals surface area (Å²) in [5.74, 6) is 4.19. The van der Waals surface area contributed by atoms with E-state index >= 15 is 0 Å². The van der Waals surface area contributed by atoms with Crippen LogP contribution in [0.15, 0.2) is 12.4 Å². The zero-order chi connectivity index (χ0) is 12.2. The molecule has 4 aliphatic rings. The zero-order valence-corrected chi connectivity index (χ0v) is 10.6. The number of nitrogens with zero attached hydrogens (tertiary/aromatic N) is 2. The molecule has 4 saturated carbocycles. The summed E-state index contributed by atoms with van der Waals surface area (Å²) in [7, 11) is 0. The largest absolute Gasteiger partial charge is 0.382 e. The number of hydrogen-bond acceptors (Lipinski definition) is 4. The van der Waals surface area contributed by atoms with Crippen molar-refractivity contribution < 1.29 is 0 Å². The topological polar surface area (TPSA) is 63.8 Å². The van der Waals surface area contributed by atoms with Crippen LogP contribution in [0.3, 0.4) is 0 Å². The van der Waals surface area contributed by atoms with E-state index in [0.29, 0.717) is 5.82 Å². The molecule has 0 atom stereocenters. The van der Waals surface area contributed by atoms with Crippen molar-refractivity contribution in [1.82, 2.24) is 9.97 Å². The summed E-state index contributed by atoms with van der Waals surface area (Å²) >= 11 is 0. The maximum Gasteiger partial charge on any atom is 0.147 e. The molecule has 1 aromatic rings. The van der Waals surface area contributed by atoms with E-state index in [9.17, 15) is 0 Å². The van der Waals surface area contributed by atoms with Gasteiger partial charge in [0.1, 0.15) is 11.6 Å². The number of nitrogen functional groups attached to an aromatic ring is 1. The van der Waals surface area contributed by atoms with Crippen molar-refractivity contribution in [3.8, 4) is 0 Å². The number of rotatable bonds is 2. The van der Waals surface area contributed by atoms with E-state index < -0.39 is 0 Å². The van der Waals surface area contributed by atoms with Crippen molar-refractivity contribution in [2.24, 2.45) is 17.8 Å². The predicted molar refractivity (Wildman–Crippen MR) is 71.0 cm³/mol. The van der Waals surface area contributed by atoms with Crippen LogP contribution in [0.4, 0.5) is 11.6 Å². The fourth-order valence-corrected chi connectivity index (χ4v) is 4.98. The van der Waals surface area contributed by atoms with E-state index in [1.165, 1.54) is 38.5 Å². The number of nitrogens with one attached hydrogen (secondary N) is 1. The highest BCUT2D eigenvalue weighted by atomic mass is 15.1. The van der Waals surface area contributed by atoms with Crippen LogP contribution in [0.5, 0.6) is 0 Å². The van der Waals surface area contributed by atoms with Crippen molar-refractivity contribution in [3.05, 3.63) is 12.4 Å². The van der Waals surface area contributed by atoms with Crippen LogP contribution in [0.25, 0.3) is 0 Å². The molecular weight excluding hydrogens is 224 g/mol. The molecule has 0 saturated heterocycles. The average molecular weight is 244 g/mol. The Labute approximate surface area is 107 Å². The van der Waals surface area contributed by atoms with Crippen LogP contribution < -0.4 is 11.1 Å². The Morgan fingerprint density at radius 1 is 1.06 bits per heavy atom. The van der Waals surface area contributed by atoms with Gasteiger partial charge in [-0.25, -0.2) is 4.98 Å². The molecule has 4 fully saturated rings. The Hall–Kier alpha value is -1.32. The third-order valence-electron chi connectivity index (χ3n) is 5.08. The fourth-order valence-electron chi connectivity index (χ4n) is 4.98. The van der Waals surface area contributed by atoms with Gasteiger partial charge in [0.25, 0.3) is 0 Å². The van der Waals surface area contributed by atoms with Crippen LogP contribution in [0.2, 0.25) is 0 Å². The van der Waals surface area contributed by atoms with E-state index in [1.807, 2.05) is 0 Å². The summed E-state index contributed by atoms with van der Waals surface area (Å²) in [6.45, 7) is 0. The number of nitrogens with two attached hydrogens (primary N) is 1. The van der Waals surface area contributed by atoms with Crippen molar-refractivity contribution in [2.45, 2.75) is 44.1 Å². The van der Waals surface area contributed by atoms with Gasteiger partial charge in [0, 0.05) is 5.54 Å². The van der Waals surface area contributed by atoms with Gasteiger partial charge in [-0.05, 0) is 56.3 Å². The van der Waals surface area contributed by atoms with E-state index in [-0.39, 0.29) is 5.54 Å². The monoisotopic (exact) mass is 244 g/mol. The SMILES string of the molecule is Nc1cncc(NC23CC4CC(CC(C4)C2)C3)n1. The van der Waals surface area contributed by atoms with E-state index in [4.69, 9.17) is 5.73 Å². The second-order valence-electron chi connectivity index (χ2n) is 6.65. The standard InChI is InChI=1S/C14H20N4/c15-12-7-16-8-13(17-12)18-14-4-9-1-10(5-14)3-11(2-9)6-14/h7-11H,1-6H2,(H3,15,17,18). The molecule has 0 radical (unpaired) electrons. The Bertz CT molecular complexity index is 435. The highest BCUT2D eigenvalue weighted by Gasteiger charge is 2.51. The molecule has 0 unspecified atom stereocenters. The van der Waals surface area contributed by atoms with Crippen molar-refractivity contribution in [3.63, 3.8) is 0 Å². The first-order valence-electron chi connectivity index (χ1n) is 7.06. The van der Waals surface area contributed by atoms with Gasteiger partial charge in [-0.1, -0.05) is 0 Å². The molecular formula is C14H20N4. The lowest BCUT2D eigenvalue weighted by Gasteiger charge is -2.57. The van der Waals surface area contributed by atoms with Crippen LogP contribution >= 0.6 is 0 Å². The first-order valence-corrected chi connectivity index (χ1v) is 7.06. The molecule has 5 rings (SSSR count). The molecule has 0 aromatic carbocycles. The molecule has 0 amide bonds. The summed E-state index contributed by atoms with van der Waals surface area (Å²) in [4.78, 5) is 8.49. The van der Waals surface area contributed by atoms with E-state index in [1.54, 1.807) is 12.4 Å². The maximum absolute atomic E-state index is 5.71. The predicted octanol–water partition coefficient (Wildman–Crippen LogP) is 2.44. The molecule has 0 aliphatic heterocycles. The lowest BCUT2D eigenvalue weighted by molar-refractivity contribution is 0.0105. The minimum Gasteiger partial charge on any atom is -0.382 e. The van der Waals surface area contributed by atoms with E-state index in [0.717, 1.165) is 23.6 Å². The first kappa shape index (κ1) is 10.6. The fraction of sp³-hybridized carbons (Fsp3) is 0.714. The van der Waals surface area contributed by atoms with Crippen LogP contribution in [0.1, 0.15) is 38.5 Å². The molecule has 0 spiro atoms. The van der Waals surface area contributed by atoms with Crippen LogP contribution in [-0.2, 0) is 0 Å². The van der Waals surface area contributed by atoms with Crippen molar-refractivity contribution >= 4 is 11.6 Å². The van der Waals surface area contributed by atoms with Gasteiger partial charge in [0.05, 0.1) is 12.4 Å². The highest BCUT2D eigenvalue weighted by Crippen LogP contribution is 2.56.